The van der Waals surface area contributed by atoms with Crippen LogP contribution in [-0.4, -0.2) is 72.8 Å². The van der Waals surface area contributed by atoms with Crippen molar-refractivity contribution in [3.63, 3.8) is 0 Å². The number of carboxylic acid groups (broad SMARTS) is 1. The minimum Gasteiger partial charge on any atom is -0.496 e. The van der Waals surface area contributed by atoms with E-state index in [0.29, 0.717) is 48.2 Å². The Balaban J connectivity index is 1.74. The van der Waals surface area contributed by atoms with Gasteiger partial charge in [0.1, 0.15) is 17.8 Å². The monoisotopic (exact) mass is 588 g/mol. The molecule has 43 heavy (non-hydrogen) atoms. The molecule has 224 valence electrons. The number of methoxy groups -OCH3 is 1. The van der Waals surface area contributed by atoms with Crippen molar-refractivity contribution in [1.82, 2.24) is 21.0 Å². The molecule has 0 bridgehead atoms. The summed E-state index contributed by atoms with van der Waals surface area (Å²) in [6.07, 6.45) is 0.428. The number of ether oxygens (including phenoxy) is 1. The molecule has 4 N–H and O–H groups in total. The highest BCUT2D eigenvalue weighted by molar-refractivity contribution is 6.07. The Hall–Kier alpha value is -5.46. The van der Waals surface area contributed by atoms with Gasteiger partial charge in [-0.3, -0.25) is 24.1 Å². The number of hydrogen-bond acceptors (Lipinski definition) is 7. The summed E-state index contributed by atoms with van der Waals surface area (Å²) in [4.78, 5) is 62.8. The molecule has 2 atom stereocenters. The van der Waals surface area contributed by atoms with Gasteiger partial charge in [-0.1, -0.05) is 36.4 Å². The van der Waals surface area contributed by atoms with Crippen LogP contribution in [0.15, 0.2) is 59.7 Å². The molecule has 5 amide bonds. The van der Waals surface area contributed by atoms with Crippen molar-refractivity contribution in [2.24, 2.45) is 5.10 Å². The van der Waals surface area contributed by atoms with Crippen LogP contribution in [0.4, 0.5) is 10.5 Å². The molecule has 0 aliphatic carbocycles. The lowest BCUT2D eigenvalue weighted by Gasteiger charge is -2.29. The molecular formula is C30H32N6O7. The van der Waals surface area contributed by atoms with Crippen molar-refractivity contribution in [2.75, 3.05) is 19.1 Å². The van der Waals surface area contributed by atoms with E-state index >= 15 is 0 Å². The maximum Gasteiger partial charge on any atom is 0.407 e. The van der Waals surface area contributed by atoms with Crippen LogP contribution in [0.2, 0.25) is 0 Å². The molecule has 1 heterocycles. The Labute approximate surface area is 247 Å². The first kappa shape index (κ1) is 30.5. The zero-order valence-corrected chi connectivity index (χ0v) is 23.9. The van der Waals surface area contributed by atoms with Crippen molar-refractivity contribution >= 4 is 53.0 Å². The van der Waals surface area contributed by atoms with Gasteiger partial charge in [0.25, 0.3) is 0 Å². The number of carbonyl (C=O) groups is 5. The number of anilines is 1. The number of aryl methyl sites for hydroxylation is 1. The molecule has 3 aromatic carbocycles. The van der Waals surface area contributed by atoms with E-state index in [9.17, 15) is 29.1 Å². The number of nitrogens with zero attached hydrogens (tertiary/aromatic N) is 3. The molecule has 13 heteroatoms. The van der Waals surface area contributed by atoms with Crippen LogP contribution < -0.4 is 25.7 Å². The fraction of sp³-hybridized carbons (Fsp3) is 0.267. The molecule has 3 aromatic rings. The van der Waals surface area contributed by atoms with E-state index in [1.165, 1.54) is 21.1 Å². The molecule has 1 aliphatic rings. The van der Waals surface area contributed by atoms with Crippen molar-refractivity contribution < 1.29 is 33.8 Å². The number of carbonyl (C=O) groups excluding carboxylic acids is 4. The van der Waals surface area contributed by atoms with Crippen molar-refractivity contribution in [3.05, 3.63) is 71.3 Å². The molecule has 4 rings (SSSR count). The van der Waals surface area contributed by atoms with Crippen LogP contribution in [0.5, 0.6) is 5.75 Å². The molecule has 0 fully saturated rings. The summed E-state index contributed by atoms with van der Waals surface area (Å²) in [5.41, 5.74) is 5.03. The Bertz CT molecular complexity index is 1590. The minimum atomic E-state index is -1.25. The van der Waals surface area contributed by atoms with Crippen molar-refractivity contribution in [2.45, 2.75) is 38.4 Å². The van der Waals surface area contributed by atoms with Gasteiger partial charge in [0, 0.05) is 23.9 Å². The smallest absolute Gasteiger partial charge is 0.407 e. The van der Waals surface area contributed by atoms with E-state index in [2.05, 4.69) is 21.2 Å². The predicted octanol–water partition coefficient (Wildman–Crippen LogP) is 1.96. The third-order valence-corrected chi connectivity index (χ3v) is 7.45. The molecule has 0 spiro atoms. The number of rotatable bonds is 10. The normalized spacial score (nSPS) is 15.5. The SMILES string of the molecule is COc1ccc2cc(C(=NNC=O)NC=O)ccc2c1CN1C(=O)[C@@H](NC(=O)[C@H](C)N(C)C(=O)O)CCc2ccccc21. The van der Waals surface area contributed by atoms with Crippen LogP contribution in [0, 0.1) is 0 Å². The van der Waals surface area contributed by atoms with E-state index in [0.717, 1.165) is 21.2 Å². The lowest BCUT2D eigenvalue weighted by Crippen LogP contribution is -2.53. The number of fused-ring (bicyclic) bond motifs is 2. The van der Waals surface area contributed by atoms with Gasteiger partial charge >= 0.3 is 6.09 Å². The standard InChI is InChI=1S/C30H32N6O7/c1-18(35(2)30(41)42)28(39)33-24-12-9-19-6-4-5-7-25(19)36(29(24)40)15-23-22-11-8-21(27(31-16-37)34-32-17-38)14-20(22)10-13-26(23)43-3/h4-8,10-11,13-14,16-18,24H,9,12,15H2,1-3H3,(H,32,38)(H,33,39)(H,41,42)(H,31,34,37)/t18-,24-/m0/s1. The second-order valence-corrected chi connectivity index (χ2v) is 9.87. The number of amides is 5. The van der Waals surface area contributed by atoms with E-state index in [-0.39, 0.29) is 18.3 Å². The third-order valence-electron chi connectivity index (χ3n) is 7.45. The highest BCUT2D eigenvalue weighted by Crippen LogP contribution is 2.34. The number of nitrogens with one attached hydrogen (secondary N) is 3. The second kappa shape index (κ2) is 13.5. The summed E-state index contributed by atoms with van der Waals surface area (Å²) in [5, 5.41) is 19.9. The summed E-state index contributed by atoms with van der Waals surface area (Å²) < 4.78 is 5.69. The largest absolute Gasteiger partial charge is 0.496 e. The molecular weight excluding hydrogens is 556 g/mol. The van der Waals surface area contributed by atoms with Crippen molar-refractivity contribution in [1.29, 1.82) is 0 Å². The summed E-state index contributed by atoms with van der Waals surface area (Å²) in [5.74, 6) is -0.243. The van der Waals surface area contributed by atoms with Crippen LogP contribution in [-0.2, 0) is 32.1 Å². The van der Waals surface area contributed by atoms with E-state index in [1.54, 1.807) is 23.1 Å². The Kier molecular flexibility index (Phi) is 9.55. The molecule has 13 nitrogen and oxygen atoms in total. The van der Waals surface area contributed by atoms with Crippen LogP contribution >= 0.6 is 0 Å². The summed E-state index contributed by atoms with van der Waals surface area (Å²) in [6, 6.07) is 14.5. The third kappa shape index (κ3) is 6.56. The first-order chi connectivity index (χ1) is 20.7. The van der Waals surface area contributed by atoms with Gasteiger partial charge in [0.05, 0.1) is 13.7 Å². The van der Waals surface area contributed by atoms with E-state index in [4.69, 9.17) is 4.74 Å². The maximum atomic E-state index is 14.1. The molecule has 0 radical (unpaired) electrons. The fourth-order valence-electron chi connectivity index (χ4n) is 5.01. The minimum absolute atomic E-state index is 0.104. The second-order valence-electron chi connectivity index (χ2n) is 9.87. The molecule has 1 aliphatic heterocycles. The van der Waals surface area contributed by atoms with Gasteiger partial charge in [0.2, 0.25) is 24.6 Å². The van der Waals surface area contributed by atoms with E-state index < -0.39 is 24.1 Å². The van der Waals surface area contributed by atoms with Gasteiger partial charge in [-0.25, -0.2) is 10.2 Å². The lowest BCUT2D eigenvalue weighted by molar-refractivity contribution is -0.130. The Morgan fingerprint density at radius 3 is 2.63 bits per heavy atom. The molecule has 0 saturated carbocycles. The van der Waals surface area contributed by atoms with Gasteiger partial charge in [-0.15, -0.1) is 0 Å². The Morgan fingerprint density at radius 2 is 1.93 bits per heavy atom. The van der Waals surface area contributed by atoms with Gasteiger partial charge < -0.3 is 25.4 Å². The number of amidine groups is 1. The lowest BCUT2D eigenvalue weighted by atomic mass is 9.99. The van der Waals surface area contributed by atoms with Gasteiger partial charge in [-0.2, -0.15) is 5.10 Å². The number of likely N-dealkylation sites (N-methyl/N-ethyl adjacent to an activating group) is 1. The number of hydrazone groups is 1. The quantitative estimate of drug-likeness (QED) is 0.121. The summed E-state index contributed by atoms with van der Waals surface area (Å²) in [6.45, 7) is 1.56. The molecule has 0 aromatic heterocycles. The Morgan fingerprint density at radius 1 is 1.16 bits per heavy atom. The predicted molar refractivity (Wildman–Crippen MR) is 159 cm³/mol. The number of benzene rings is 3. The van der Waals surface area contributed by atoms with Gasteiger partial charge in [0.15, 0.2) is 5.84 Å². The number of hydrogen-bond donors (Lipinski definition) is 4. The average Bonchev–Trinajstić information content (AvgIpc) is 3.14. The topological polar surface area (TPSA) is 170 Å². The fourth-order valence-corrected chi connectivity index (χ4v) is 5.01. The highest BCUT2D eigenvalue weighted by Gasteiger charge is 2.34. The summed E-state index contributed by atoms with van der Waals surface area (Å²) >= 11 is 0. The van der Waals surface area contributed by atoms with Crippen LogP contribution in [0.25, 0.3) is 10.8 Å². The zero-order valence-electron chi connectivity index (χ0n) is 23.9. The van der Waals surface area contributed by atoms with E-state index in [1.807, 2.05) is 36.4 Å². The molecule has 0 saturated heterocycles. The average molecular weight is 589 g/mol. The van der Waals surface area contributed by atoms with Crippen LogP contribution in [0.1, 0.15) is 30.0 Å². The number of para-hydroxylation sites is 1. The first-order valence-electron chi connectivity index (χ1n) is 13.4. The zero-order chi connectivity index (χ0) is 31.1. The molecule has 0 unspecified atom stereocenters. The summed E-state index contributed by atoms with van der Waals surface area (Å²) in [7, 11) is 2.83. The van der Waals surface area contributed by atoms with Crippen molar-refractivity contribution in [3.8, 4) is 5.75 Å². The highest BCUT2D eigenvalue weighted by atomic mass is 16.5. The van der Waals surface area contributed by atoms with Crippen LogP contribution in [0.3, 0.4) is 0 Å². The maximum absolute atomic E-state index is 14.1. The van der Waals surface area contributed by atoms with Gasteiger partial charge in [-0.05, 0) is 54.3 Å². The first-order valence-corrected chi connectivity index (χ1v) is 13.4.